The number of hydrogen-bond donors (Lipinski definition) is 1. The lowest BCUT2D eigenvalue weighted by atomic mass is 9.87. The Labute approximate surface area is 110 Å². The van der Waals surface area contributed by atoms with Crippen LogP contribution in [0.25, 0.3) is 0 Å². The molecule has 3 nitrogen and oxygen atoms in total. The molecule has 0 aromatic heterocycles. The van der Waals surface area contributed by atoms with Crippen LogP contribution in [0.5, 0.6) is 0 Å². The van der Waals surface area contributed by atoms with Gasteiger partial charge in [0.2, 0.25) is 0 Å². The molecule has 0 radical (unpaired) electrons. The summed E-state index contributed by atoms with van der Waals surface area (Å²) in [7, 11) is 2.18. The van der Waals surface area contributed by atoms with E-state index in [4.69, 9.17) is 10.7 Å². The van der Waals surface area contributed by atoms with E-state index in [0.29, 0.717) is 5.41 Å². The van der Waals surface area contributed by atoms with Crippen molar-refractivity contribution in [1.82, 2.24) is 4.90 Å². The van der Waals surface area contributed by atoms with Gasteiger partial charge >= 0.3 is 0 Å². The van der Waals surface area contributed by atoms with Gasteiger partial charge in [-0.25, -0.2) is 0 Å². The second-order valence-corrected chi connectivity index (χ2v) is 5.75. The zero-order valence-electron chi connectivity index (χ0n) is 11.3. The van der Waals surface area contributed by atoms with E-state index in [1.165, 1.54) is 24.5 Å². The smallest absolute Gasteiger partial charge is 0.0503 e. The molecule has 4 heteroatoms. The van der Waals surface area contributed by atoms with Gasteiger partial charge in [-0.2, -0.15) is 11.8 Å². The van der Waals surface area contributed by atoms with Crippen molar-refractivity contribution in [2.75, 3.05) is 38.2 Å². The van der Waals surface area contributed by atoms with E-state index in [2.05, 4.69) is 23.7 Å². The van der Waals surface area contributed by atoms with E-state index in [1.54, 1.807) is 6.20 Å². The van der Waals surface area contributed by atoms with Crippen LogP contribution in [0, 0.1) is 5.41 Å². The highest BCUT2D eigenvalue weighted by Gasteiger charge is 2.36. The fraction of sp³-hybridized carbons (Fsp3) is 0.769. The quantitative estimate of drug-likeness (QED) is 0.779. The normalized spacial score (nSPS) is 29.9. The Hall–Kier alpha value is -0.480. The molecular weight excluding hydrogens is 230 g/mol. The summed E-state index contributed by atoms with van der Waals surface area (Å²) >= 11 is 2.07. The summed E-state index contributed by atoms with van der Waals surface area (Å²) in [6, 6.07) is 0. The van der Waals surface area contributed by atoms with Crippen molar-refractivity contribution in [3.8, 4) is 0 Å². The first-order valence-corrected chi connectivity index (χ1v) is 7.57. The summed E-state index contributed by atoms with van der Waals surface area (Å²) < 4.78 is 0. The molecule has 17 heavy (non-hydrogen) atoms. The van der Waals surface area contributed by atoms with Gasteiger partial charge in [0.15, 0.2) is 0 Å². The first-order valence-electron chi connectivity index (χ1n) is 6.42. The van der Waals surface area contributed by atoms with E-state index in [1.807, 2.05) is 19.9 Å². The Bertz CT molecular complexity index is 280. The van der Waals surface area contributed by atoms with Crippen molar-refractivity contribution in [1.29, 1.82) is 0 Å². The zero-order chi connectivity index (χ0) is 12.7. The van der Waals surface area contributed by atoms with Gasteiger partial charge < -0.3 is 5.73 Å². The van der Waals surface area contributed by atoms with Crippen LogP contribution >= 0.6 is 11.8 Å². The molecule has 0 saturated carbocycles. The third-order valence-corrected chi connectivity index (χ3v) is 4.44. The molecule has 1 atom stereocenters. The molecule has 1 fully saturated rings. The monoisotopic (exact) mass is 255 g/mol. The second-order valence-electron chi connectivity index (χ2n) is 4.64. The van der Waals surface area contributed by atoms with Crippen LogP contribution in [0.3, 0.4) is 0 Å². The maximum absolute atomic E-state index is 5.42. The third-order valence-electron chi connectivity index (χ3n) is 3.13. The van der Waals surface area contributed by atoms with Gasteiger partial charge in [-0.15, -0.1) is 0 Å². The van der Waals surface area contributed by atoms with Crippen LogP contribution < -0.4 is 5.73 Å². The average molecular weight is 255 g/mol. The minimum absolute atomic E-state index is 0.434. The van der Waals surface area contributed by atoms with Gasteiger partial charge in [0.1, 0.15) is 0 Å². The summed E-state index contributed by atoms with van der Waals surface area (Å²) in [5.74, 6) is 2.56. The van der Waals surface area contributed by atoms with Crippen LogP contribution in [0.1, 0.15) is 20.3 Å². The van der Waals surface area contributed by atoms with Gasteiger partial charge in [-0.05, 0) is 31.5 Å². The predicted molar refractivity (Wildman–Crippen MR) is 78.8 cm³/mol. The first kappa shape index (κ1) is 14.6. The van der Waals surface area contributed by atoms with Crippen LogP contribution in [-0.2, 0) is 0 Å². The summed E-state index contributed by atoms with van der Waals surface area (Å²) in [5, 5.41) is 0. The van der Waals surface area contributed by atoms with Gasteiger partial charge in [0.25, 0.3) is 0 Å². The fourth-order valence-corrected chi connectivity index (χ4v) is 3.87. The van der Waals surface area contributed by atoms with Crippen molar-refractivity contribution in [2.45, 2.75) is 20.3 Å². The molecule has 1 saturated heterocycles. The second kappa shape index (κ2) is 7.07. The van der Waals surface area contributed by atoms with E-state index in [0.717, 1.165) is 18.8 Å². The minimum atomic E-state index is 0.434. The van der Waals surface area contributed by atoms with Crippen LogP contribution in [0.4, 0.5) is 0 Å². The molecular formula is C13H25N3S. The lowest BCUT2D eigenvalue weighted by molar-refractivity contribution is 0.231. The molecule has 0 aromatic carbocycles. The molecule has 98 valence electrons. The average Bonchev–Trinajstić information content (AvgIpc) is 2.71. The predicted octanol–water partition coefficient (Wildman–Crippen LogP) is 1.99. The third kappa shape index (κ3) is 4.03. The first-order chi connectivity index (χ1) is 8.24. The minimum Gasteiger partial charge on any atom is -0.405 e. The van der Waals surface area contributed by atoms with Gasteiger partial charge in [0.05, 0.1) is 5.71 Å². The molecule has 2 N–H and O–H groups in total. The van der Waals surface area contributed by atoms with Crippen LogP contribution in [-0.4, -0.2) is 48.8 Å². The maximum Gasteiger partial charge on any atom is 0.0503 e. The molecule has 1 spiro atoms. The molecule has 0 aliphatic carbocycles. The van der Waals surface area contributed by atoms with E-state index >= 15 is 0 Å². The van der Waals surface area contributed by atoms with Gasteiger partial charge in [0, 0.05) is 30.8 Å². The Morgan fingerprint density at radius 3 is 2.82 bits per heavy atom. The van der Waals surface area contributed by atoms with E-state index in [-0.39, 0.29) is 0 Å². The summed E-state index contributed by atoms with van der Waals surface area (Å²) in [6.45, 7) is 7.08. The number of thioether (sulfide) groups is 1. The summed E-state index contributed by atoms with van der Waals surface area (Å²) in [4.78, 5) is 7.07. The number of rotatable bonds is 1. The molecule has 2 aliphatic heterocycles. The zero-order valence-corrected chi connectivity index (χ0v) is 12.1. The molecule has 2 heterocycles. The molecule has 0 bridgehead atoms. The van der Waals surface area contributed by atoms with Gasteiger partial charge in [-0.3, -0.25) is 9.89 Å². The van der Waals surface area contributed by atoms with E-state index in [9.17, 15) is 0 Å². The highest BCUT2D eigenvalue weighted by atomic mass is 32.2. The largest absolute Gasteiger partial charge is 0.405 e. The molecule has 2 rings (SSSR count). The molecule has 0 amide bonds. The Kier molecular flexibility index (Phi) is 6.06. The lowest BCUT2D eigenvalue weighted by Gasteiger charge is -2.28. The highest BCUT2D eigenvalue weighted by Crippen LogP contribution is 2.37. The highest BCUT2D eigenvalue weighted by molar-refractivity contribution is 7.99. The van der Waals surface area contributed by atoms with E-state index < -0.39 is 0 Å². The molecule has 1 unspecified atom stereocenters. The summed E-state index contributed by atoms with van der Waals surface area (Å²) in [6.07, 6.45) is 4.83. The van der Waals surface area contributed by atoms with Crippen molar-refractivity contribution < 1.29 is 0 Å². The summed E-state index contributed by atoms with van der Waals surface area (Å²) in [5.41, 5.74) is 6.97. The number of nitrogens with zero attached hydrogens (tertiary/aromatic N) is 2. The fourth-order valence-electron chi connectivity index (χ4n) is 2.39. The Morgan fingerprint density at radius 2 is 2.24 bits per heavy atom. The molecule has 0 aromatic rings. The van der Waals surface area contributed by atoms with Crippen molar-refractivity contribution in [2.24, 2.45) is 16.1 Å². The number of aliphatic imine (C=N–C) groups is 1. The van der Waals surface area contributed by atoms with Crippen molar-refractivity contribution >= 4 is 17.5 Å². The van der Waals surface area contributed by atoms with Crippen LogP contribution in [0.15, 0.2) is 17.3 Å². The Balaban J connectivity index is 0.000000686. The number of hydrogen-bond acceptors (Lipinski definition) is 4. The SMILES string of the molecule is CC.CN1CC(/C=C\N)=NCC2(CCSC2)C1. The van der Waals surface area contributed by atoms with Crippen molar-refractivity contribution in [3.05, 3.63) is 12.3 Å². The molecule has 2 aliphatic rings. The Morgan fingerprint density at radius 1 is 1.47 bits per heavy atom. The maximum atomic E-state index is 5.42. The lowest BCUT2D eigenvalue weighted by Crippen LogP contribution is -2.37. The van der Waals surface area contributed by atoms with Crippen molar-refractivity contribution in [3.63, 3.8) is 0 Å². The standard InChI is InChI=1S/C11H19N3S.C2H6/c1-14-6-10(2-4-12)13-7-11(8-14)3-5-15-9-11;1-2/h2,4H,3,5-9,12H2,1H3;1-2H3/b4-2-;. The topological polar surface area (TPSA) is 41.6 Å². The number of nitrogens with two attached hydrogens (primary N) is 1. The van der Waals surface area contributed by atoms with Gasteiger partial charge in [-0.1, -0.05) is 13.8 Å². The van der Waals surface area contributed by atoms with Crippen LogP contribution in [0.2, 0.25) is 0 Å².